The molecule has 0 bridgehead atoms. The Morgan fingerprint density at radius 2 is 1.79 bits per heavy atom. The van der Waals surface area contributed by atoms with Crippen molar-refractivity contribution in [1.29, 1.82) is 0 Å². The van der Waals surface area contributed by atoms with Gasteiger partial charge in [-0.2, -0.15) is 0 Å². The fourth-order valence-electron chi connectivity index (χ4n) is 4.20. The lowest BCUT2D eigenvalue weighted by Gasteiger charge is -2.24. The van der Waals surface area contributed by atoms with Gasteiger partial charge < -0.3 is 15.4 Å². The van der Waals surface area contributed by atoms with Crippen molar-refractivity contribution >= 4 is 24.8 Å². The van der Waals surface area contributed by atoms with Gasteiger partial charge in [0.05, 0.1) is 23.8 Å². The predicted octanol–water partition coefficient (Wildman–Crippen LogP) is -0.527. The zero-order valence-corrected chi connectivity index (χ0v) is 16.2. The summed E-state index contributed by atoms with van der Waals surface area (Å²) >= 11 is 0. The van der Waals surface area contributed by atoms with Crippen LogP contribution in [0.15, 0.2) is 30.3 Å². The van der Waals surface area contributed by atoms with Crippen molar-refractivity contribution in [1.82, 2.24) is 15.5 Å². The summed E-state index contributed by atoms with van der Waals surface area (Å²) in [6.07, 6.45) is 0.374. The molecule has 3 rings (SSSR count). The van der Waals surface area contributed by atoms with Gasteiger partial charge in [0.2, 0.25) is 17.7 Å². The molecule has 1 aromatic carbocycles. The van der Waals surface area contributed by atoms with Crippen LogP contribution in [0.4, 0.5) is 0 Å². The second kappa shape index (κ2) is 8.02. The third-order valence-electron chi connectivity index (χ3n) is 5.55. The number of imide groups is 1. The van der Waals surface area contributed by atoms with E-state index in [1.807, 2.05) is 44.2 Å². The van der Waals surface area contributed by atoms with Gasteiger partial charge in [0, 0.05) is 13.1 Å². The van der Waals surface area contributed by atoms with Gasteiger partial charge in [-0.3, -0.25) is 24.6 Å². The Morgan fingerprint density at radius 1 is 1.18 bits per heavy atom. The number of benzene rings is 1. The van der Waals surface area contributed by atoms with Crippen molar-refractivity contribution in [3.63, 3.8) is 0 Å². The monoisotopic (exact) mass is 387 g/mol. The molecule has 28 heavy (non-hydrogen) atoms. The lowest BCUT2D eigenvalue weighted by Crippen LogP contribution is -2.54. The number of nitrogens with zero attached hydrogens (tertiary/aromatic N) is 1. The minimum atomic E-state index is -1.71. The molecule has 5 unspecified atom stereocenters. The number of fused-ring (bicyclic) bond motifs is 1. The van der Waals surface area contributed by atoms with Gasteiger partial charge in [-0.25, -0.2) is 0 Å². The second-order valence-electron chi connectivity index (χ2n) is 7.98. The molecular weight excluding hydrogens is 361 g/mol. The lowest BCUT2D eigenvalue weighted by molar-refractivity contribution is -0.140. The van der Waals surface area contributed by atoms with E-state index in [2.05, 4.69) is 10.6 Å². The van der Waals surface area contributed by atoms with Gasteiger partial charge in [-0.1, -0.05) is 44.2 Å². The molecule has 0 aliphatic carbocycles. The first-order valence-corrected chi connectivity index (χ1v) is 9.51. The van der Waals surface area contributed by atoms with E-state index >= 15 is 0 Å². The average molecular weight is 387 g/mol. The number of carbonyl (C=O) groups excluding carboxylic acids is 3. The van der Waals surface area contributed by atoms with E-state index in [9.17, 15) is 24.4 Å². The van der Waals surface area contributed by atoms with Crippen molar-refractivity contribution in [3.8, 4) is 0 Å². The third-order valence-corrected chi connectivity index (χ3v) is 5.55. The maximum atomic E-state index is 12.9. The number of rotatable bonds is 6. The molecule has 2 aliphatic rings. The SMILES string of the molecule is CC(C)CC(NC(=O)C1NC(c2ccccc2)C2C(=O)N(C)C(=O)C12)B(O)O. The first-order valence-electron chi connectivity index (χ1n) is 9.51. The van der Waals surface area contributed by atoms with Crippen LogP contribution in [0.5, 0.6) is 0 Å². The lowest BCUT2D eigenvalue weighted by atomic mass is 9.74. The van der Waals surface area contributed by atoms with Crippen LogP contribution in [-0.4, -0.2) is 58.8 Å². The summed E-state index contributed by atoms with van der Waals surface area (Å²) in [4.78, 5) is 39.4. The average Bonchev–Trinajstić information content (AvgIpc) is 3.15. The van der Waals surface area contributed by atoms with Gasteiger partial charge in [-0.15, -0.1) is 0 Å². The highest BCUT2D eigenvalue weighted by Gasteiger charge is 2.60. The van der Waals surface area contributed by atoms with Gasteiger partial charge in [-0.05, 0) is 17.9 Å². The summed E-state index contributed by atoms with van der Waals surface area (Å²) in [5, 5.41) is 25.0. The fourth-order valence-corrected chi connectivity index (χ4v) is 4.20. The molecule has 2 aliphatic heterocycles. The Bertz CT molecular complexity index is 757. The molecule has 3 amide bonds. The van der Waals surface area contributed by atoms with E-state index < -0.39 is 48.8 Å². The Kier molecular flexibility index (Phi) is 5.88. The standard InChI is InChI=1S/C19H26BN3O5/c1-10(2)9-12(20(27)28)21-17(24)16-14-13(18(25)23(3)19(14)26)15(22-16)11-7-5-4-6-8-11/h4-8,10,12-16,22,27-28H,9H2,1-3H3,(H,21,24). The topological polar surface area (TPSA) is 119 Å². The number of nitrogens with one attached hydrogen (secondary N) is 2. The summed E-state index contributed by atoms with van der Waals surface area (Å²) < 4.78 is 0. The van der Waals surface area contributed by atoms with Crippen LogP contribution in [0, 0.1) is 17.8 Å². The largest absolute Gasteiger partial charge is 0.475 e. The highest BCUT2D eigenvalue weighted by Crippen LogP contribution is 2.43. The zero-order chi connectivity index (χ0) is 20.6. The van der Waals surface area contributed by atoms with E-state index in [0.29, 0.717) is 6.42 Å². The summed E-state index contributed by atoms with van der Waals surface area (Å²) in [6.45, 7) is 3.82. The molecule has 2 fully saturated rings. The third kappa shape index (κ3) is 3.69. The van der Waals surface area contributed by atoms with Gasteiger partial charge in [0.15, 0.2) is 0 Å². The van der Waals surface area contributed by atoms with E-state index in [1.54, 1.807) is 0 Å². The van der Waals surface area contributed by atoms with Crippen LogP contribution in [0.25, 0.3) is 0 Å². The van der Waals surface area contributed by atoms with E-state index in [0.717, 1.165) is 10.5 Å². The van der Waals surface area contributed by atoms with Crippen molar-refractivity contribution in [2.75, 3.05) is 7.05 Å². The van der Waals surface area contributed by atoms with Gasteiger partial charge in [0.1, 0.15) is 0 Å². The second-order valence-corrected chi connectivity index (χ2v) is 7.98. The molecule has 9 heteroatoms. The molecule has 0 spiro atoms. The first kappa shape index (κ1) is 20.5. The van der Waals surface area contributed by atoms with Crippen molar-refractivity contribution in [2.24, 2.45) is 17.8 Å². The molecule has 4 N–H and O–H groups in total. The quantitative estimate of drug-likeness (QED) is 0.385. The molecule has 150 valence electrons. The summed E-state index contributed by atoms with van der Waals surface area (Å²) in [6, 6.07) is 7.84. The minimum absolute atomic E-state index is 0.134. The molecule has 0 radical (unpaired) electrons. The maximum absolute atomic E-state index is 12.9. The zero-order valence-electron chi connectivity index (χ0n) is 16.2. The molecule has 2 heterocycles. The van der Waals surface area contributed by atoms with Crippen LogP contribution < -0.4 is 10.6 Å². The smallest absolute Gasteiger partial charge is 0.426 e. The molecule has 0 saturated carbocycles. The fraction of sp³-hybridized carbons (Fsp3) is 0.526. The molecule has 5 atom stereocenters. The molecule has 1 aromatic rings. The first-order chi connectivity index (χ1) is 13.2. The Morgan fingerprint density at radius 3 is 2.36 bits per heavy atom. The number of amides is 3. The van der Waals surface area contributed by atoms with Crippen LogP contribution in [0.1, 0.15) is 31.9 Å². The number of likely N-dealkylation sites (tertiary alicyclic amines) is 1. The minimum Gasteiger partial charge on any atom is -0.426 e. The van der Waals surface area contributed by atoms with Crippen LogP contribution >= 0.6 is 0 Å². The molecule has 8 nitrogen and oxygen atoms in total. The predicted molar refractivity (Wildman–Crippen MR) is 102 cm³/mol. The van der Waals surface area contributed by atoms with Crippen molar-refractivity contribution in [3.05, 3.63) is 35.9 Å². The van der Waals surface area contributed by atoms with Gasteiger partial charge >= 0.3 is 7.12 Å². The normalized spacial score (nSPS) is 27.9. The maximum Gasteiger partial charge on any atom is 0.475 e. The summed E-state index contributed by atoms with van der Waals surface area (Å²) in [5.41, 5.74) is 0.824. The van der Waals surface area contributed by atoms with Crippen molar-refractivity contribution in [2.45, 2.75) is 38.3 Å². The Balaban J connectivity index is 1.87. The Hall–Kier alpha value is -2.23. The van der Waals surface area contributed by atoms with Crippen LogP contribution in [-0.2, 0) is 14.4 Å². The summed E-state index contributed by atoms with van der Waals surface area (Å²) in [7, 11) is -0.281. The summed E-state index contributed by atoms with van der Waals surface area (Å²) in [5.74, 6) is -3.43. The van der Waals surface area contributed by atoms with E-state index in [-0.39, 0.29) is 11.8 Å². The Labute approximate surface area is 164 Å². The van der Waals surface area contributed by atoms with Crippen LogP contribution in [0.3, 0.4) is 0 Å². The van der Waals surface area contributed by atoms with E-state index in [1.165, 1.54) is 7.05 Å². The highest BCUT2D eigenvalue weighted by molar-refractivity contribution is 6.43. The van der Waals surface area contributed by atoms with Crippen molar-refractivity contribution < 1.29 is 24.4 Å². The molecule has 2 saturated heterocycles. The van der Waals surface area contributed by atoms with Gasteiger partial charge in [0.25, 0.3) is 0 Å². The highest BCUT2D eigenvalue weighted by atomic mass is 16.4. The van der Waals surface area contributed by atoms with Crippen LogP contribution in [0.2, 0.25) is 0 Å². The molecule has 0 aromatic heterocycles. The van der Waals surface area contributed by atoms with E-state index in [4.69, 9.17) is 0 Å². The number of hydrogen-bond acceptors (Lipinski definition) is 6. The number of carbonyl (C=O) groups is 3. The molecular formula is C19H26BN3O5. The number of hydrogen-bond donors (Lipinski definition) is 4.